The lowest BCUT2D eigenvalue weighted by Crippen LogP contribution is -2.63. The van der Waals surface area contributed by atoms with Crippen LogP contribution >= 0.6 is 24.8 Å². The molecule has 1 aromatic carbocycles. The number of hydrogen-bond acceptors (Lipinski definition) is 4. The summed E-state index contributed by atoms with van der Waals surface area (Å²) in [6.45, 7) is 1.78. The third-order valence-corrected chi connectivity index (χ3v) is 4.10. The Morgan fingerprint density at radius 1 is 1.24 bits per heavy atom. The van der Waals surface area contributed by atoms with Crippen LogP contribution in [0.4, 0.5) is 4.79 Å². The number of aromatic nitrogens is 1. The summed E-state index contributed by atoms with van der Waals surface area (Å²) >= 11 is 0. The topological polar surface area (TPSA) is 74.7 Å². The van der Waals surface area contributed by atoms with Crippen LogP contribution in [0.5, 0.6) is 5.75 Å². The number of rotatable bonds is 4. The van der Waals surface area contributed by atoms with Gasteiger partial charge < -0.3 is 15.2 Å². The highest BCUT2D eigenvalue weighted by atomic mass is 35.5. The lowest BCUT2D eigenvalue weighted by molar-refractivity contribution is 0.0218. The molecule has 1 unspecified atom stereocenters. The van der Waals surface area contributed by atoms with Gasteiger partial charge in [0.1, 0.15) is 17.9 Å². The van der Waals surface area contributed by atoms with Crippen LogP contribution in [0.1, 0.15) is 5.56 Å². The maximum Gasteiger partial charge on any atom is 0.408 e. The molecule has 1 saturated heterocycles. The first kappa shape index (κ1) is 21.0. The Balaban J connectivity index is 0.00000156. The molecular weight excluding hydrogens is 365 g/mol. The molecule has 6 nitrogen and oxygen atoms in total. The molecule has 1 fully saturated rings. The van der Waals surface area contributed by atoms with Gasteiger partial charge in [-0.1, -0.05) is 30.3 Å². The molecule has 3 rings (SSSR count). The Kier molecular flexibility index (Phi) is 7.96. The highest BCUT2D eigenvalue weighted by Crippen LogP contribution is 2.31. The first-order chi connectivity index (χ1) is 11.2. The number of carboxylic acid groups (broad SMARTS) is 1. The smallest absolute Gasteiger partial charge is 0.408 e. The molecule has 136 valence electrons. The van der Waals surface area contributed by atoms with Crippen molar-refractivity contribution in [1.82, 2.24) is 15.2 Å². The van der Waals surface area contributed by atoms with Crippen molar-refractivity contribution in [2.45, 2.75) is 5.54 Å². The molecule has 2 N–H and O–H groups in total. The van der Waals surface area contributed by atoms with Crippen molar-refractivity contribution in [3.05, 3.63) is 60.4 Å². The number of nitrogens with one attached hydrogen (secondary N) is 1. The largest absolute Gasteiger partial charge is 0.489 e. The van der Waals surface area contributed by atoms with E-state index in [-0.39, 0.29) is 31.4 Å². The molecule has 8 heteroatoms. The number of benzene rings is 1. The molecule has 25 heavy (non-hydrogen) atoms. The van der Waals surface area contributed by atoms with E-state index in [1.165, 1.54) is 4.90 Å². The SMILES string of the molecule is Cl.Cl.O=C(O)N1CCNCC1(COc1cccnc1)c1ccccc1. The molecule has 0 aliphatic carbocycles. The highest BCUT2D eigenvalue weighted by molar-refractivity contribution is 5.85. The van der Waals surface area contributed by atoms with E-state index in [4.69, 9.17) is 4.74 Å². The second-order valence-corrected chi connectivity index (χ2v) is 5.49. The van der Waals surface area contributed by atoms with Gasteiger partial charge >= 0.3 is 6.09 Å². The average molecular weight is 386 g/mol. The first-order valence-electron chi connectivity index (χ1n) is 7.52. The van der Waals surface area contributed by atoms with Crippen LogP contribution in [-0.4, -0.2) is 47.3 Å². The van der Waals surface area contributed by atoms with Gasteiger partial charge in [0.05, 0.1) is 6.20 Å². The second kappa shape index (κ2) is 9.46. The van der Waals surface area contributed by atoms with Gasteiger partial charge in [-0.15, -0.1) is 24.8 Å². The normalized spacial score (nSPS) is 19.3. The van der Waals surface area contributed by atoms with Crippen molar-refractivity contribution in [3.63, 3.8) is 0 Å². The van der Waals surface area contributed by atoms with Crippen LogP contribution in [0.3, 0.4) is 0 Å². The van der Waals surface area contributed by atoms with Crippen molar-refractivity contribution in [2.75, 3.05) is 26.2 Å². The van der Waals surface area contributed by atoms with Crippen molar-refractivity contribution in [3.8, 4) is 5.75 Å². The van der Waals surface area contributed by atoms with E-state index >= 15 is 0 Å². The zero-order chi connectivity index (χ0) is 16.1. The van der Waals surface area contributed by atoms with Crippen LogP contribution in [0, 0.1) is 0 Å². The molecule has 1 atom stereocenters. The third-order valence-electron chi connectivity index (χ3n) is 4.10. The lowest BCUT2D eigenvalue weighted by atomic mass is 9.87. The van der Waals surface area contributed by atoms with Gasteiger partial charge in [-0.25, -0.2) is 4.79 Å². The Morgan fingerprint density at radius 3 is 2.64 bits per heavy atom. The van der Waals surface area contributed by atoms with Crippen LogP contribution in [0.15, 0.2) is 54.9 Å². The summed E-state index contributed by atoms with van der Waals surface area (Å²) in [5.74, 6) is 0.624. The number of nitrogens with zero attached hydrogens (tertiary/aromatic N) is 2. The van der Waals surface area contributed by atoms with E-state index < -0.39 is 11.6 Å². The van der Waals surface area contributed by atoms with Gasteiger partial charge in [0.15, 0.2) is 0 Å². The molecule has 0 radical (unpaired) electrons. The maximum atomic E-state index is 11.8. The van der Waals surface area contributed by atoms with Crippen LogP contribution in [0.25, 0.3) is 0 Å². The summed E-state index contributed by atoms with van der Waals surface area (Å²) in [5.41, 5.74) is 0.153. The number of ether oxygens (including phenoxy) is 1. The Morgan fingerprint density at radius 2 is 2.00 bits per heavy atom. The minimum atomic E-state index is -0.940. The zero-order valence-corrected chi connectivity index (χ0v) is 15.1. The van der Waals surface area contributed by atoms with Crippen LogP contribution in [-0.2, 0) is 5.54 Å². The van der Waals surface area contributed by atoms with Gasteiger partial charge in [-0.05, 0) is 17.7 Å². The number of piperazine rings is 1. The number of hydrogen-bond donors (Lipinski definition) is 2. The minimum Gasteiger partial charge on any atom is -0.489 e. The van der Waals surface area contributed by atoms with Gasteiger partial charge in [0.2, 0.25) is 0 Å². The average Bonchev–Trinajstić information content (AvgIpc) is 2.61. The number of amides is 1. The zero-order valence-electron chi connectivity index (χ0n) is 13.5. The first-order valence-corrected chi connectivity index (χ1v) is 7.52. The standard InChI is InChI=1S/C17H19N3O3.2ClH/c21-16(22)20-10-9-19-12-17(20,14-5-2-1-3-6-14)13-23-15-7-4-8-18-11-15;;/h1-8,11,19H,9-10,12-13H2,(H,21,22);2*1H. The molecule has 0 spiro atoms. The maximum absolute atomic E-state index is 11.8. The molecule has 1 aromatic heterocycles. The van der Waals surface area contributed by atoms with Gasteiger partial charge in [-0.2, -0.15) is 0 Å². The van der Waals surface area contributed by atoms with E-state index in [1.54, 1.807) is 18.5 Å². The minimum absolute atomic E-state index is 0. The molecule has 0 bridgehead atoms. The lowest BCUT2D eigenvalue weighted by Gasteiger charge is -2.45. The van der Waals surface area contributed by atoms with E-state index in [9.17, 15) is 9.90 Å². The number of pyridine rings is 1. The summed E-state index contributed by atoms with van der Waals surface area (Å²) in [6.07, 6.45) is 2.36. The van der Waals surface area contributed by atoms with E-state index in [0.717, 1.165) is 5.56 Å². The van der Waals surface area contributed by atoms with E-state index in [0.29, 0.717) is 25.4 Å². The molecule has 2 heterocycles. The molecule has 1 amide bonds. The molecular formula is C17H21Cl2N3O3. The summed E-state index contributed by atoms with van der Waals surface area (Å²) in [5, 5.41) is 13.0. The molecule has 2 aromatic rings. The predicted molar refractivity (Wildman–Crippen MR) is 99.9 cm³/mol. The van der Waals surface area contributed by atoms with Gasteiger partial charge in [-0.3, -0.25) is 9.88 Å². The van der Waals surface area contributed by atoms with E-state index in [2.05, 4.69) is 10.3 Å². The fourth-order valence-corrected chi connectivity index (χ4v) is 2.93. The monoisotopic (exact) mass is 385 g/mol. The predicted octanol–water partition coefficient (Wildman–Crippen LogP) is 2.78. The molecule has 0 saturated carbocycles. The van der Waals surface area contributed by atoms with Crippen molar-refractivity contribution >= 4 is 30.9 Å². The fourth-order valence-electron chi connectivity index (χ4n) is 2.93. The summed E-state index contributed by atoms with van der Waals surface area (Å²) in [4.78, 5) is 17.3. The Bertz CT molecular complexity index is 661. The van der Waals surface area contributed by atoms with Crippen molar-refractivity contribution in [2.24, 2.45) is 0 Å². The van der Waals surface area contributed by atoms with Gasteiger partial charge in [0, 0.05) is 25.8 Å². The van der Waals surface area contributed by atoms with Crippen molar-refractivity contribution in [1.29, 1.82) is 0 Å². The molecule has 1 aliphatic heterocycles. The number of halogens is 2. The van der Waals surface area contributed by atoms with Crippen molar-refractivity contribution < 1.29 is 14.6 Å². The Labute approximate surface area is 159 Å². The van der Waals surface area contributed by atoms with Crippen LogP contribution < -0.4 is 10.1 Å². The molecule has 1 aliphatic rings. The highest BCUT2D eigenvalue weighted by Gasteiger charge is 2.44. The summed E-state index contributed by atoms with van der Waals surface area (Å²) < 4.78 is 5.88. The number of carbonyl (C=O) groups is 1. The second-order valence-electron chi connectivity index (χ2n) is 5.49. The third kappa shape index (κ3) is 4.54. The van der Waals surface area contributed by atoms with E-state index in [1.807, 2.05) is 36.4 Å². The van der Waals surface area contributed by atoms with Gasteiger partial charge in [0.25, 0.3) is 0 Å². The summed E-state index contributed by atoms with van der Waals surface area (Å²) in [7, 11) is 0. The fraction of sp³-hybridized carbons (Fsp3) is 0.294. The van der Waals surface area contributed by atoms with Crippen LogP contribution in [0.2, 0.25) is 0 Å². The summed E-state index contributed by atoms with van der Waals surface area (Å²) in [6, 6.07) is 13.2. The quantitative estimate of drug-likeness (QED) is 0.846. The Hall–Kier alpha value is -2.02.